The molecule has 37 heavy (non-hydrogen) atoms. The molecular weight excluding hydrogens is 514 g/mol. The first-order valence-electron chi connectivity index (χ1n) is 11.8. The largest absolute Gasteiger partial charge is 0.353 e. The Morgan fingerprint density at radius 1 is 1.14 bits per heavy atom. The molecule has 2 aromatic carbocycles. The van der Waals surface area contributed by atoms with E-state index in [9.17, 15) is 18.0 Å². The van der Waals surface area contributed by atoms with Gasteiger partial charge in [0.25, 0.3) is 11.5 Å². The van der Waals surface area contributed by atoms with Crippen LogP contribution >= 0.6 is 11.6 Å². The first kappa shape index (κ1) is 25.0. The van der Waals surface area contributed by atoms with Crippen molar-refractivity contribution in [3.05, 3.63) is 80.9 Å². The summed E-state index contributed by atoms with van der Waals surface area (Å²) in [5.41, 5.74) is 2.37. The van der Waals surface area contributed by atoms with Crippen LogP contribution in [0.1, 0.15) is 35.6 Å². The minimum Gasteiger partial charge on any atom is -0.353 e. The number of aromatic nitrogens is 3. The van der Waals surface area contributed by atoms with E-state index in [1.165, 1.54) is 16.7 Å². The number of halogens is 1. The Morgan fingerprint density at radius 3 is 2.49 bits per heavy atom. The van der Waals surface area contributed by atoms with E-state index in [1.54, 1.807) is 17.0 Å². The number of aromatic amines is 1. The van der Waals surface area contributed by atoms with E-state index < -0.39 is 9.84 Å². The summed E-state index contributed by atoms with van der Waals surface area (Å²) in [5.74, 6) is 0.0661. The van der Waals surface area contributed by atoms with Gasteiger partial charge in [-0.2, -0.15) is 0 Å². The van der Waals surface area contributed by atoms with Crippen molar-refractivity contribution < 1.29 is 13.2 Å². The Kier molecular flexibility index (Phi) is 6.33. The molecule has 1 aliphatic rings. The summed E-state index contributed by atoms with van der Waals surface area (Å²) in [7, 11) is -3.37. The van der Waals surface area contributed by atoms with Crippen LogP contribution in [-0.2, 0) is 22.8 Å². The van der Waals surface area contributed by atoms with E-state index in [0.717, 1.165) is 17.2 Å². The predicted octanol–water partition coefficient (Wildman–Crippen LogP) is 3.79. The molecule has 4 aromatic rings. The van der Waals surface area contributed by atoms with Crippen molar-refractivity contribution >= 4 is 44.2 Å². The third-order valence-electron chi connectivity index (χ3n) is 6.32. The minimum absolute atomic E-state index is 0.0297. The van der Waals surface area contributed by atoms with Crippen molar-refractivity contribution in [2.75, 3.05) is 18.1 Å². The average Bonchev–Trinajstić information content (AvgIpc) is 3.19. The molecule has 3 heterocycles. The lowest BCUT2D eigenvalue weighted by Crippen LogP contribution is -2.41. The number of benzene rings is 2. The van der Waals surface area contributed by atoms with E-state index in [-0.39, 0.29) is 28.9 Å². The molecule has 11 heteroatoms. The van der Waals surface area contributed by atoms with Gasteiger partial charge >= 0.3 is 0 Å². The minimum atomic E-state index is -3.37. The smallest absolute Gasteiger partial charge is 0.272 e. The van der Waals surface area contributed by atoms with Gasteiger partial charge in [-0.05, 0) is 50.6 Å². The molecule has 0 saturated carbocycles. The van der Waals surface area contributed by atoms with Crippen LogP contribution in [0.4, 0.5) is 5.95 Å². The molecule has 192 valence electrons. The quantitative estimate of drug-likeness (QED) is 0.398. The molecule has 5 rings (SSSR count). The number of nitrogens with zero attached hydrogens (tertiary/aromatic N) is 3. The summed E-state index contributed by atoms with van der Waals surface area (Å²) in [6.45, 7) is 4.35. The maximum Gasteiger partial charge on any atom is 0.272 e. The SMILES string of the molecule is CC(C)Nc1nc2c(c(=O)n1-c1ccc(S(C)(=O)=O)cc1)CCN(C(=O)c1[nH]c3ccccc3c1Cl)C2. The fourth-order valence-corrected chi connectivity index (χ4v) is 5.44. The number of rotatable bonds is 5. The van der Waals surface area contributed by atoms with Gasteiger partial charge in [-0.3, -0.25) is 9.59 Å². The van der Waals surface area contributed by atoms with Gasteiger partial charge in [0.1, 0.15) is 5.69 Å². The number of amides is 1. The Labute approximate surface area is 219 Å². The summed E-state index contributed by atoms with van der Waals surface area (Å²) in [6.07, 6.45) is 1.46. The molecule has 9 nitrogen and oxygen atoms in total. The van der Waals surface area contributed by atoms with E-state index >= 15 is 0 Å². The molecule has 0 saturated heterocycles. The van der Waals surface area contributed by atoms with Gasteiger partial charge in [-0.15, -0.1) is 0 Å². The standard InChI is InChI=1S/C26H26ClN5O4S/c1-15(2)28-26-30-21-14-31(25(34)23-22(27)18-6-4-5-7-20(18)29-23)13-12-19(21)24(33)32(26)16-8-10-17(11-9-16)37(3,35)36/h4-11,15,29H,12-14H2,1-3H3,(H,28,30). The lowest BCUT2D eigenvalue weighted by atomic mass is 10.1. The zero-order chi connectivity index (χ0) is 26.5. The second kappa shape index (κ2) is 9.35. The Morgan fingerprint density at radius 2 is 1.84 bits per heavy atom. The summed E-state index contributed by atoms with van der Waals surface area (Å²) < 4.78 is 25.2. The third kappa shape index (κ3) is 4.62. The van der Waals surface area contributed by atoms with Crippen LogP contribution in [0, 0.1) is 0 Å². The van der Waals surface area contributed by atoms with Gasteiger partial charge in [0.05, 0.1) is 27.8 Å². The molecule has 1 aliphatic heterocycles. The van der Waals surface area contributed by atoms with Gasteiger partial charge < -0.3 is 15.2 Å². The Bertz CT molecular complexity index is 1690. The van der Waals surface area contributed by atoms with E-state index in [2.05, 4.69) is 10.3 Å². The molecule has 0 atom stereocenters. The second-order valence-electron chi connectivity index (χ2n) is 9.40. The van der Waals surface area contributed by atoms with Crippen LogP contribution in [0.2, 0.25) is 5.02 Å². The lowest BCUT2D eigenvalue weighted by Gasteiger charge is -2.29. The van der Waals surface area contributed by atoms with Crippen molar-refractivity contribution in [3.8, 4) is 5.69 Å². The van der Waals surface area contributed by atoms with Crippen molar-refractivity contribution in [1.29, 1.82) is 0 Å². The molecule has 2 N–H and O–H groups in total. The highest BCUT2D eigenvalue weighted by molar-refractivity contribution is 7.90. The molecule has 1 amide bonds. The summed E-state index contributed by atoms with van der Waals surface area (Å²) in [6, 6.07) is 13.5. The van der Waals surface area contributed by atoms with Gasteiger partial charge in [-0.25, -0.2) is 18.0 Å². The lowest BCUT2D eigenvalue weighted by molar-refractivity contribution is 0.0726. The molecule has 0 spiro atoms. The Hall–Kier alpha value is -3.63. The van der Waals surface area contributed by atoms with Crippen molar-refractivity contribution in [2.45, 2.75) is 37.8 Å². The number of hydrogen-bond donors (Lipinski definition) is 2. The summed E-state index contributed by atoms with van der Waals surface area (Å²) in [4.78, 5) is 36.7. The molecule has 0 radical (unpaired) electrons. The second-order valence-corrected chi connectivity index (χ2v) is 11.8. The van der Waals surface area contributed by atoms with Crippen molar-refractivity contribution in [3.63, 3.8) is 0 Å². The van der Waals surface area contributed by atoms with Crippen LogP contribution < -0.4 is 10.9 Å². The summed E-state index contributed by atoms with van der Waals surface area (Å²) in [5, 5.41) is 4.36. The van der Waals surface area contributed by atoms with Crippen LogP contribution in [0.5, 0.6) is 0 Å². The maximum atomic E-state index is 13.7. The highest BCUT2D eigenvalue weighted by Gasteiger charge is 2.29. The van der Waals surface area contributed by atoms with Crippen LogP contribution in [0.15, 0.2) is 58.2 Å². The fourth-order valence-electron chi connectivity index (χ4n) is 4.51. The normalized spacial score (nSPS) is 13.7. The zero-order valence-electron chi connectivity index (χ0n) is 20.6. The van der Waals surface area contributed by atoms with E-state index in [1.807, 2.05) is 38.1 Å². The monoisotopic (exact) mass is 539 g/mol. The zero-order valence-corrected chi connectivity index (χ0v) is 22.2. The first-order valence-corrected chi connectivity index (χ1v) is 14.1. The third-order valence-corrected chi connectivity index (χ3v) is 7.84. The highest BCUT2D eigenvalue weighted by atomic mass is 35.5. The highest BCUT2D eigenvalue weighted by Crippen LogP contribution is 2.29. The van der Waals surface area contributed by atoms with Crippen molar-refractivity contribution in [2.24, 2.45) is 0 Å². The number of para-hydroxylation sites is 1. The summed E-state index contributed by atoms with van der Waals surface area (Å²) >= 11 is 6.51. The molecule has 0 fully saturated rings. The van der Waals surface area contributed by atoms with Gasteiger partial charge in [0, 0.05) is 35.3 Å². The molecular formula is C26H26ClN5O4S. The van der Waals surface area contributed by atoms with Crippen molar-refractivity contribution in [1.82, 2.24) is 19.4 Å². The Balaban J connectivity index is 1.53. The molecule has 0 aliphatic carbocycles. The van der Waals surface area contributed by atoms with Crippen LogP contribution in [-0.4, -0.2) is 52.6 Å². The topological polar surface area (TPSA) is 117 Å². The number of anilines is 1. The average molecular weight is 540 g/mol. The van der Waals surface area contributed by atoms with Gasteiger partial charge in [0.15, 0.2) is 9.84 Å². The van der Waals surface area contributed by atoms with Crippen LogP contribution in [0.25, 0.3) is 16.6 Å². The number of fused-ring (bicyclic) bond motifs is 2. The number of sulfone groups is 1. The van der Waals surface area contributed by atoms with Crippen LogP contribution in [0.3, 0.4) is 0 Å². The number of carbonyl (C=O) groups is 1. The number of nitrogens with one attached hydrogen (secondary N) is 2. The fraction of sp³-hybridized carbons (Fsp3) is 0.269. The van der Waals surface area contributed by atoms with E-state index in [4.69, 9.17) is 16.6 Å². The first-order chi connectivity index (χ1) is 17.5. The molecule has 0 unspecified atom stereocenters. The number of carbonyl (C=O) groups excluding carboxylic acids is 1. The number of hydrogen-bond acceptors (Lipinski definition) is 6. The van der Waals surface area contributed by atoms with E-state index in [0.29, 0.717) is 46.6 Å². The van der Waals surface area contributed by atoms with Gasteiger partial charge in [-0.1, -0.05) is 29.8 Å². The molecule has 0 bridgehead atoms. The predicted molar refractivity (Wildman–Crippen MR) is 143 cm³/mol. The van der Waals surface area contributed by atoms with Gasteiger partial charge in [0.2, 0.25) is 5.95 Å². The number of H-pyrrole nitrogens is 1. The molecule has 2 aromatic heterocycles. The maximum absolute atomic E-state index is 13.7.